The van der Waals surface area contributed by atoms with Gasteiger partial charge < -0.3 is 15.2 Å². The minimum Gasteiger partial charge on any atom is -0.467 e. The van der Waals surface area contributed by atoms with E-state index >= 15 is 0 Å². The Morgan fingerprint density at radius 1 is 1.06 bits per heavy atom. The Balaban J connectivity index is 4.92. The Hall–Kier alpha value is -1.10. The van der Waals surface area contributed by atoms with Crippen LogP contribution >= 0.6 is 0 Å². The Morgan fingerprint density at radius 2 is 1.50 bits per heavy atom. The molecule has 5 nitrogen and oxygen atoms in total. The van der Waals surface area contributed by atoms with Gasteiger partial charge in [0.2, 0.25) is 5.91 Å². The van der Waals surface area contributed by atoms with Gasteiger partial charge in [0.1, 0.15) is 12.1 Å². The maximum absolute atomic E-state index is 11.9. The van der Waals surface area contributed by atoms with Crippen LogP contribution in [0.3, 0.4) is 0 Å². The van der Waals surface area contributed by atoms with Crippen LogP contribution in [-0.4, -0.2) is 36.2 Å². The molecule has 1 amide bonds. The molecule has 2 N–H and O–H groups in total. The molecule has 0 aliphatic rings. The number of hydrogen-bond acceptors (Lipinski definition) is 4. The quantitative estimate of drug-likeness (QED) is 0.744. The smallest absolute Gasteiger partial charge is 0.328 e. The van der Waals surface area contributed by atoms with Crippen molar-refractivity contribution in [1.29, 1.82) is 0 Å². The zero-order valence-electron chi connectivity index (χ0n) is 12.3. The van der Waals surface area contributed by atoms with Gasteiger partial charge >= 0.3 is 5.97 Å². The molecule has 106 valence electrons. The Bertz CT molecular complexity index is 312. The van der Waals surface area contributed by atoms with Crippen LogP contribution < -0.4 is 5.32 Å². The summed E-state index contributed by atoms with van der Waals surface area (Å²) in [6.07, 6.45) is -1.17. The second-order valence-electron chi connectivity index (χ2n) is 6.60. The average molecular weight is 259 g/mol. The van der Waals surface area contributed by atoms with Crippen LogP contribution in [0.15, 0.2) is 0 Å². The lowest BCUT2D eigenvalue weighted by molar-refractivity contribution is -0.150. The number of rotatable bonds is 3. The van der Waals surface area contributed by atoms with Crippen LogP contribution in [0.5, 0.6) is 0 Å². The van der Waals surface area contributed by atoms with Crippen LogP contribution in [0.1, 0.15) is 41.5 Å². The van der Waals surface area contributed by atoms with Crippen molar-refractivity contribution in [3.8, 4) is 0 Å². The Labute approximate surface area is 109 Å². The number of aliphatic hydroxyl groups excluding tert-OH is 1. The van der Waals surface area contributed by atoms with Crippen molar-refractivity contribution in [2.75, 3.05) is 7.11 Å². The van der Waals surface area contributed by atoms with E-state index in [1.54, 1.807) is 20.8 Å². The first kappa shape index (κ1) is 16.9. The lowest BCUT2D eigenvalue weighted by atomic mass is 9.85. The van der Waals surface area contributed by atoms with Gasteiger partial charge in [-0.25, -0.2) is 4.79 Å². The zero-order chi connectivity index (χ0) is 14.7. The highest BCUT2D eigenvalue weighted by Gasteiger charge is 2.37. The normalized spacial score (nSPS) is 15.8. The summed E-state index contributed by atoms with van der Waals surface area (Å²) in [7, 11) is 1.27. The number of ether oxygens (including phenoxy) is 1. The van der Waals surface area contributed by atoms with Gasteiger partial charge in [-0.1, -0.05) is 41.5 Å². The van der Waals surface area contributed by atoms with Crippen molar-refractivity contribution < 1.29 is 19.4 Å². The van der Waals surface area contributed by atoms with E-state index in [-0.39, 0.29) is 0 Å². The summed E-state index contributed by atoms with van der Waals surface area (Å²) in [5, 5.41) is 12.4. The molecule has 0 aromatic rings. The van der Waals surface area contributed by atoms with Crippen molar-refractivity contribution in [3.05, 3.63) is 0 Å². The molecule has 0 radical (unpaired) electrons. The Morgan fingerprint density at radius 3 is 1.78 bits per heavy atom. The summed E-state index contributed by atoms with van der Waals surface area (Å²) in [4.78, 5) is 23.5. The van der Waals surface area contributed by atoms with E-state index in [0.29, 0.717) is 0 Å². The van der Waals surface area contributed by atoms with Gasteiger partial charge in [0.05, 0.1) is 7.11 Å². The fourth-order valence-corrected chi connectivity index (χ4v) is 1.36. The van der Waals surface area contributed by atoms with Crippen LogP contribution in [0.4, 0.5) is 0 Å². The topological polar surface area (TPSA) is 75.6 Å². The largest absolute Gasteiger partial charge is 0.467 e. The van der Waals surface area contributed by atoms with Crippen molar-refractivity contribution in [2.45, 2.75) is 53.7 Å². The highest BCUT2D eigenvalue weighted by molar-refractivity contribution is 5.87. The number of hydrogen-bond donors (Lipinski definition) is 2. The molecule has 0 aliphatic carbocycles. The second-order valence-corrected chi connectivity index (χ2v) is 6.60. The number of amides is 1. The SMILES string of the molecule is COC(=O)[C@@H](NC(=O)C(O)C(C)(C)C)C(C)(C)C. The first-order valence-electron chi connectivity index (χ1n) is 5.97. The lowest BCUT2D eigenvalue weighted by Gasteiger charge is -2.32. The first-order chi connectivity index (χ1) is 7.91. The predicted octanol–water partition coefficient (Wildman–Crippen LogP) is 1.10. The van der Waals surface area contributed by atoms with Crippen molar-refractivity contribution in [2.24, 2.45) is 10.8 Å². The number of carbonyl (C=O) groups is 2. The summed E-state index contributed by atoms with van der Waals surface area (Å²) in [5.41, 5.74) is -1.07. The van der Waals surface area contributed by atoms with Crippen LogP contribution in [0.25, 0.3) is 0 Å². The monoisotopic (exact) mass is 259 g/mol. The molecule has 0 saturated heterocycles. The summed E-state index contributed by atoms with van der Waals surface area (Å²) in [6, 6.07) is -0.785. The van der Waals surface area contributed by atoms with E-state index in [9.17, 15) is 14.7 Å². The average Bonchev–Trinajstić information content (AvgIpc) is 2.20. The molecule has 0 spiro atoms. The summed E-state index contributed by atoms with van der Waals surface area (Å²) < 4.78 is 4.67. The minimum atomic E-state index is -1.17. The van der Waals surface area contributed by atoms with Gasteiger partial charge in [-0.2, -0.15) is 0 Å². The molecular formula is C13H25NO4. The number of aliphatic hydroxyl groups is 1. The third kappa shape index (κ3) is 4.64. The molecule has 18 heavy (non-hydrogen) atoms. The molecule has 0 saturated carbocycles. The maximum atomic E-state index is 11.9. The van der Waals surface area contributed by atoms with E-state index in [2.05, 4.69) is 10.1 Å². The number of carbonyl (C=O) groups excluding carboxylic acids is 2. The van der Waals surface area contributed by atoms with Gasteiger partial charge in [-0.3, -0.25) is 4.79 Å². The van der Waals surface area contributed by atoms with Crippen LogP contribution in [0.2, 0.25) is 0 Å². The molecular weight excluding hydrogens is 234 g/mol. The van der Waals surface area contributed by atoms with E-state index in [4.69, 9.17) is 0 Å². The molecule has 0 rings (SSSR count). The van der Waals surface area contributed by atoms with Gasteiger partial charge in [0.15, 0.2) is 0 Å². The molecule has 1 unspecified atom stereocenters. The van der Waals surface area contributed by atoms with Crippen LogP contribution in [0, 0.1) is 10.8 Å². The van der Waals surface area contributed by atoms with Gasteiger partial charge in [0.25, 0.3) is 0 Å². The maximum Gasteiger partial charge on any atom is 0.328 e. The second kappa shape index (κ2) is 5.69. The van der Waals surface area contributed by atoms with Gasteiger partial charge in [-0.15, -0.1) is 0 Å². The third-order valence-corrected chi connectivity index (χ3v) is 2.66. The molecule has 5 heteroatoms. The van der Waals surface area contributed by atoms with Gasteiger partial charge in [-0.05, 0) is 10.8 Å². The van der Waals surface area contributed by atoms with E-state index < -0.39 is 34.9 Å². The fraction of sp³-hybridized carbons (Fsp3) is 0.846. The summed E-state index contributed by atoms with van der Waals surface area (Å²) in [6.45, 7) is 10.7. The van der Waals surface area contributed by atoms with Gasteiger partial charge in [0, 0.05) is 0 Å². The summed E-state index contributed by atoms with van der Waals surface area (Å²) in [5.74, 6) is -1.08. The van der Waals surface area contributed by atoms with E-state index in [0.717, 1.165) is 0 Å². The number of nitrogens with one attached hydrogen (secondary N) is 1. The molecule has 2 atom stereocenters. The highest BCUT2D eigenvalue weighted by Crippen LogP contribution is 2.23. The van der Waals surface area contributed by atoms with Crippen molar-refractivity contribution in [1.82, 2.24) is 5.32 Å². The molecule has 0 fully saturated rings. The molecule has 0 heterocycles. The van der Waals surface area contributed by atoms with Crippen molar-refractivity contribution >= 4 is 11.9 Å². The Kier molecular flexibility index (Phi) is 5.35. The summed E-state index contributed by atoms with van der Waals surface area (Å²) >= 11 is 0. The van der Waals surface area contributed by atoms with E-state index in [1.807, 2.05) is 20.8 Å². The highest BCUT2D eigenvalue weighted by atomic mass is 16.5. The lowest BCUT2D eigenvalue weighted by Crippen LogP contribution is -2.54. The minimum absolute atomic E-state index is 0.486. The first-order valence-corrected chi connectivity index (χ1v) is 5.97. The number of methoxy groups -OCH3 is 1. The molecule has 0 bridgehead atoms. The number of esters is 1. The standard InChI is InChI=1S/C13H25NO4/c1-12(2,3)8(11(17)18-7)14-10(16)9(15)13(4,5)6/h8-9,15H,1-7H3,(H,14,16)/t8-,9?/m1/s1. The molecule has 0 aliphatic heterocycles. The third-order valence-electron chi connectivity index (χ3n) is 2.66. The van der Waals surface area contributed by atoms with Crippen LogP contribution in [-0.2, 0) is 14.3 Å². The predicted molar refractivity (Wildman–Crippen MR) is 68.9 cm³/mol. The molecule has 0 aromatic heterocycles. The van der Waals surface area contributed by atoms with E-state index in [1.165, 1.54) is 7.11 Å². The fourth-order valence-electron chi connectivity index (χ4n) is 1.36. The zero-order valence-corrected chi connectivity index (χ0v) is 12.3. The molecule has 0 aromatic carbocycles. The van der Waals surface area contributed by atoms with Crippen molar-refractivity contribution in [3.63, 3.8) is 0 Å².